The first-order chi connectivity index (χ1) is 11.6. The van der Waals surface area contributed by atoms with Gasteiger partial charge in [0, 0.05) is 0 Å². The Balaban J connectivity index is -0.000000372. The number of hydrogen-bond donors (Lipinski definition) is 0. The third-order valence-corrected chi connectivity index (χ3v) is 3.73. The molecule has 0 amide bonds. The van der Waals surface area contributed by atoms with E-state index in [1.165, 1.54) is 38.5 Å². The molecule has 0 aliphatic rings. The van der Waals surface area contributed by atoms with E-state index in [0.29, 0.717) is 13.2 Å². The van der Waals surface area contributed by atoms with Crippen LogP contribution in [0.2, 0.25) is 0 Å². The van der Waals surface area contributed by atoms with E-state index in [0.717, 1.165) is 25.7 Å². The zero-order chi connectivity index (χ0) is 18.5. The van der Waals surface area contributed by atoms with E-state index in [-0.39, 0.29) is 42.9 Å². The first-order valence-corrected chi connectivity index (χ1v) is 10.2. The normalized spacial score (nSPS) is 9.44. The van der Waals surface area contributed by atoms with Crippen LogP contribution in [0.1, 0.15) is 78.1 Å². The molecule has 0 atom stereocenters. The van der Waals surface area contributed by atoms with Crippen molar-refractivity contribution in [2.24, 2.45) is 0 Å². The first kappa shape index (κ1) is 30.0. The summed E-state index contributed by atoms with van der Waals surface area (Å²) in [6, 6.07) is 0. The number of hydrogen-bond acceptors (Lipinski definition) is 6. The average molecular weight is 444 g/mol. The van der Waals surface area contributed by atoms with Gasteiger partial charge in [0.2, 0.25) is 0 Å². The van der Waals surface area contributed by atoms with Crippen LogP contribution in [0.25, 0.3) is 0 Å². The van der Waals surface area contributed by atoms with Gasteiger partial charge in [0.15, 0.2) is 0 Å². The van der Waals surface area contributed by atoms with Crippen molar-refractivity contribution in [3.63, 3.8) is 0 Å². The van der Waals surface area contributed by atoms with Crippen LogP contribution in [0.3, 0.4) is 0 Å². The van der Waals surface area contributed by atoms with Gasteiger partial charge in [0.05, 0.1) is 13.2 Å². The molecule has 0 unspecified atom stereocenters. The Hall–Kier alpha value is 0.263. The van der Waals surface area contributed by atoms with Gasteiger partial charge in [-0.05, 0) is 12.8 Å². The third kappa shape index (κ3) is 29.3. The van der Waals surface area contributed by atoms with Crippen molar-refractivity contribution in [1.29, 1.82) is 0 Å². The molecule has 0 heterocycles. The molecular formula is C18H34O4S2Zn. The van der Waals surface area contributed by atoms with Crippen molar-refractivity contribution < 1.29 is 38.5 Å². The molecule has 0 saturated heterocycles. The van der Waals surface area contributed by atoms with Gasteiger partial charge >= 0.3 is 19.5 Å². The fourth-order valence-electron chi connectivity index (χ4n) is 1.87. The van der Waals surface area contributed by atoms with Gasteiger partial charge in [-0.1, -0.05) is 76.7 Å². The molecule has 0 fully saturated rings. The Labute approximate surface area is 178 Å². The fraction of sp³-hybridized carbons (Fsp3) is 0.889. The summed E-state index contributed by atoms with van der Waals surface area (Å²) in [4.78, 5) is 21.1. The van der Waals surface area contributed by atoms with Crippen molar-refractivity contribution in [1.82, 2.24) is 0 Å². The zero-order valence-corrected chi connectivity index (χ0v) is 20.7. The Morgan fingerprint density at radius 2 is 0.960 bits per heavy atom. The van der Waals surface area contributed by atoms with Crippen LogP contribution < -0.4 is 0 Å². The molecule has 144 valence electrons. The molecule has 0 aromatic rings. The molecule has 0 rings (SSSR count). The monoisotopic (exact) mass is 442 g/mol. The second kappa shape index (κ2) is 26.5. The van der Waals surface area contributed by atoms with Crippen LogP contribution in [0.4, 0.5) is 0 Å². The first-order valence-electron chi connectivity index (χ1n) is 9.09. The number of ether oxygens (including phenoxy) is 2. The van der Waals surface area contributed by atoms with E-state index in [1.807, 2.05) is 0 Å². The van der Waals surface area contributed by atoms with Crippen molar-refractivity contribution in [3.8, 4) is 0 Å². The van der Waals surface area contributed by atoms with Crippen LogP contribution >= 0.6 is 0 Å². The molecule has 0 bridgehead atoms. The summed E-state index contributed by atoms with van der Waals surface area (Å²) in [6.45, 7) is 5.44. The van der Waals surface area contributed by atoms with Crippen LogP contribution in [0.15, 0.2) is 0 Å². The molecule has 0 aromatic heterocycles. The molecule has 25 heavy (non-hydrogen) atoms. The van der Waals surface area contributed by atoms with Gasteiger partial charge in [-0.2, -0.15) is 0 Å². The summed E-state index contributed by atoms with van der Waals surface area (Å²) >= 11 is 9.04. The van der Waals surface area contributed by atoms with E-state index < -0.39 is 0 Å². The maximum atomic E-state index is 10.6. The molecule has 0 N–H and O–H groups in total. The Morgan fingerprint density at radius 1 is 0.640 bits per heavy atom. The summed E-state index contributed by atoms with van der Waals surface area (Å²) in [7, 11) is 0. The molecule has 0 spiro atoms. The second-order valence-electron chi connectivity index (χ2n) is 5.56. The van der Waals surface area contributed by atoms with E-state index in [2.05, 4.69) is 39.1 Å². The number of rotatable bonds is 14. The van der Waals surface area contributed by atoms with Gasteiger partial charge < -0.3 is 34.7 Å². The minimum absolute atomic E-state index is 0. The predicted molar refractivity (Wildman–Crippen MR) is 104 cm³/mol. The largest absolute Gasteiger partial charge is 2.00 e. The SMILES string of the molecule is CCCCCCCOC(=O)C[S-].CCCCCCCOC(=O)C[S-].[Zn+2]. The van der Waals surface area contributed by atoms with Crippen molar-refractivity contribution in [3.05, 3.63) is 0 Å². The van der Waals surface area contributed by atoms with Crippen molar-refractivity contribution in [2.45, 2.75) is 78.1 Å². The Kier molecular flexibility index (Phi) is 31.8. The third-order valence-electron chi connectivity index (χ3n) is 3.26. The van der Waals surface area contributed by atoms with E-state index in [9.17, 15) is 9.59 Å². The van der Waals surface area contributed by atoms with Gasteiger partial charge in [-0.15, -0.1) is 0 Å². The molecule has 0 aliphatic carbocycles. The molecule has 0 saturated carbocycles. The Bertz CT molecular complexity index is 264. The maximum Gasteiger partial charge on any atom is 2.00 e. The molecule has 7 heteroatoms. The number of carbonyl (C=O) groups excluding carboxylic acids is 2. The quantitative estimate of drug-likeness (QED) is 0.174. The Morgan fingerprint density at radius 3 is 1.24 bits per heavy atom. The summed E-state index contributed by atoms with van der Waals surface area (Å²) in [5, 5.41) is 0. The summed E-state index contributed by atoms with van der Waals surface area (Å²) in [6.07, 6.45) is 11.8. The van der Waals surface area contributed by atoms with Gasteiger partial charge in [-0.3, -0.25) is 9.59 Å². The van der Waals surface area contributed by atoms with Crippen LogP contribution in [-0.2, 0) is 63.8 Å². The van der Waals surface area contributed by atoms with Crippen LogP contribution in [-0.4, -0.2) is 36.7 Å². The van der Waals surface area contributed by atoms with Crippen LogP contribution in [0.5, 0.6) is 0 Å². The number of unbranched alkanes of at least 4 members (excludes halogenated alkanes) is 8. The van der Waals surface area contributed by atoms with E-state index in [4.69, 9.17) is 9.47 Å². The molecule has 0 radical (unpaired) electrons. The average Bonchev–Trinajstić information content (AvgIpc) is 2.61. The maximum absolute atomic E-state index is 10.6. The zero-order valence-electron chi connectivity index (χ0n) is 16.1. The second-order valence-corrected chi connectivity index (χ2v) is 6.14. The van der Waals surface area contributed by atoms with Gasteiger partial charge in [0.1, 0.15) is 0 Å². The van der Waals surface area contributed by atoms with E-state index in [1.54, 1.807) is 0 Å². The van der Waals surface area contributed by atoms with Crippen LogP contribution in [0, 0.1) is 0 Å². The van der Waals surface area contributed by atoms with Crippen molar-refractivity contribution >= 4 is 37.2 Å². The predicted octanol–water partition coefficient (Wildman–Crippen LogP) is 4.09. The molecular weight excluding hydrogens is 410 g/mol. The minimum Gasteiger partial charge on any atom is -0.782 e. The van der Waals surface area contributed by atoms with Gasteiger partial charge in [-0.25, -0.2) is 0 Å². The summed E-state index contributed by atoms with van der Waals surface area (Å²) in [5.74, 6) is -0.370. The smallest absolute Gasteiger partial charge is 0.782 e. The minimum atomic E-state index is -0.263. The molecule has 4 nitrogen and oxygen atoms in total. The fourth-order valence-corrected chi connectivity index (χ4v) is 2.03. The van der Waals surface area contributed by atoms with E-state index >= 15 is 0 Å². The number of carbonyl (C=O) groups is 2. The molecule has 0 aromatic carbocycles. The molecule has 0 aliphatic heterocycles. The van der Waals surface area contributed by atoms with Gasteiger partial charge in [0.25, 0.3) is 11.9 Å². The number of esters is 2. The summed E-state index contributed by atoms with van der Waals surface area (Å²) in [5.41, 5.74) is 0. The summed E-state index contributed by atoms with van der Waals surface area (Å²) < 4.78 is 9.66. The van der Waals surface area contributed by atoms with Crippen molar-refractivity contribution in [2.75, 3.05) is 24.7 Å². The standard InChI is InChI=1S/2C9H18O2S.Zn/c2*1-2-3-4-5-6-7-11-9(10)8-12;/h2*12H,2-8H2,1H3;/q;;+2/p-2. The topological polar surface area (TPSA) is 52.6 Å².